The lowest BCUT2D eigenvalue weighted by atomic mass is 10.1. The van der Waals surface area contributed by atoms with E-state index in [-0.39, 0.29) is 6.10 Å². The predicted molar refractivity (Wildman–Crippen MR) is 77.3 cm³/mol. The molecule has 3 rings (SSSR count). The Morgan fingerprint density at radius 1 is 1.26 bits per heavy atom. The zero-order valence-corrected chi connectivity index (χ0v) is 11.6. The number of benzene rings is 1. The SMILES string of the molecule is CC(O)CN1Cc2cccc(N3CCNCC3)c2C1. The summed E-state index contributed by atoms with van der Waals surface area (Å²) < 4.78 is 0. The first-order valence-electron chi connectivity index (χ1n) is 7.21. The Kier molecular flexibility index (Phi) is 3.73. The fourth-order valence-corrected chi connectivity index (χ4v) is 3.18. The van der Waals surface area contributed by atoms with Crippen LogP contribution in [0.3, 0.4) is 0 Å². The minimum Gasteiger partial charge on any atom is -0.392 e. The molecule has 4 nitrogen and oxygen atoms in total. The highest BCUT2D eigenvalue weighted by Crippen LogP contribution is 2.31. The van der Waals surface area contributed by atoms with Crippen molar-refractivity contribution in [2.45, 2.75) is 26.1 Å². The summed E-state index contributed by atoms with van der Waals surface area (Å²) >= 11 is 0. The monoisotopic (exact) mass is 261 g/mol. The largest absolute Gasteiger partial charge is 0.392 e. The number of fused-ring (bicyclic) bond motifs is 1. The molecule has 1 atom stereocenters. The Bertz CT molecular complexity index is 441. The number of aliphatic hydroxyl groups is 1. The molecule has 2 aliphatic rings. The van der Waals surface area contributed by atoms with Crippen molar-refractivity contribution >= 4 is 5.69 Å². The highest BCUT2D eigenvalue weighted by molar-refractivity contribution is 5.58. The zero-order chi connectivity index (χ0) is 13.2. The number of hydrogen-bond acceptors (Lipinski definition) is 4. The average Bonchev–Trinajstić information content (AvgIpc) is 2.80. The molecule has 0 amide bonds. The zero-order valence-electron chi connectivity index (χ0n) is 11.6. The smallest absolute Gasteiger partial charge is 0.0639 e. The van der Waals surface area contributed by atoms with Crippen molar-refractivity contribution < 1.29 is 5.11 Å². The van der Waals surface area contributed by atoms with Gasteiger partial charge in [-0.3, -0.25) is 4.90 Å². The van der Waals surface area contributed by atoms with Gasteiger partial charge in [0.05, 0.1) is 6.10 Å². The van der Waals surface area contributed by atoms with Gasteiger partial charge in [0.25, 0.3) is 0 Å². The van der Waals surface area contributed by atoms with Gasteiger partial charge in [-0.1, -0.05) is 12.1 Å². The molecule has 2 heterocycles. The Labute approximate surface area is 115 Å². The van der Waals surface area contributed by atoms with Crippen molar-refractivity contribution in [3.8, 4) is 0 Å². The van der Waals surface area contributed by atoms with E-state index in [1.165, 1.54) is 16.8 Å². The highest BCUT2D eigenvalue weighted by atomic mass is 16.3. The molecule has 1 fully saturated rings. The maximum atomic E-state index is 9.55. The molecule has 0 spiro atoms. The molecule has 0 bridgehead atoms. The Morgan fingerprint density at radius 2 is 2.05 bits per heavy atom. The third kappa shape index (κ3) is 2.76. The van der Waals surface area contributed by atoms with Crippen molar-refractivity contribution in [3.63, 3.8) is 0 Å². The number of rotatable bonds is 3. The Morgan fingerprint density at radius 3 is 2.79 bits per heavy atom. The van der Waals surface area contributed by atoms with Gasteiger partial charge in [0.1, 0.15) is 0 Å². The number of aliphatic hydroxyl groups excluding tert-OH is 1. The van der Waals surface area contributed by atoms with Crippen molar-refractivity contribution in [1.82, 2.24) is 10.2 Å². The standard InChI is InChI=1S/C15H23N3O/c1-12(19)9-17-10-13-3-2-4-15(14(13)11-17)18-7-5-16-6-8-18/h2-4,12,16,19H,5-11H2,1H3. The molecule has 1 aromatic carbocycles. The van der Waals surface area contributed by atoms with E-state index in [0.29, 0.717) is 0 Å². The molecule has 0 aliphatic carbocycles. The predicted octanol–water partition coefficient (Wildman–Crippen LogP) is 0.793. The molecular weight excluding hydrogens is 238 g/mol. The number of hydrogen-bond donors (Lipinski definition) is 2. The van der Waals surface area contributed by atoms with Gasteiger partial charge >= 0.3 is 0 Å². The van der Waals surface area contributed by atoms with Crippen LogP contribution in [0.15, 0.2) is 18.2 Å². The lowest BCUT2D eigenvalue weighted by Crippen LogP contribution is -2.43. The molecule has 0 radical (unpaired) electrons. The lowest BCUT2D eigenvalue weighted by Gasteiger charge is -2.31. The molecular formula is C15H23N3O. The summed E-state index contributed by atoms with van der Waals surface area (Å²) in [5, 5.41) is 13.0. The van der Waals surface area contributed by atoms with E-state index in [1.54, 1.807) is 0 Å². The number of nitrogens with one attached hydrogen (secondary N) is 1. The summed E-state index contributed by atoms with van der Waals surface area (Å²) in [6.45, 7) is 8.89. The number of β-amino-alcohol motifs (C(OH)–C–C–N with tert-alkyl or cyclic N) is 1. The van der Waals surface area contributed by atoms with E-state index >= 15 is 0 Å². The maximum Gasteiger partial charge on any atom is 0.0639 e. The first-order valence-corrected chi connectivity index (χ1v) is 7.21. The molecule has 1 unspecified atom stereocenters. The number of anilines is 1. The Hall–Kier alpha value is -1.10. The molecule has 2 aliphatic heterocycles. The summed E-state index contributed by atoms with van der Waals surface area (Å²) in [5.41, 5.74) is 4.29. The minimum absolute atomic E-state index is 0.253. The Balaban J connectivity index is 1.80. The second kappa shape index (κ2) is 5.49. The van der Waals surface area contributed by atoms with E-state index in [2.05, 4.69) is 33.3 Å². The third-order valence-corrected chi connectivity index (χ3v) is 4.00. The molecule has 19 heavy (non-hydrogen) atoms. The van der Waals surface area contributed by atoms with Gasteiger partial charge in [-0.25, -0.2) is 0 Å². The average molecular weight is 261 g/mol. The third-order valence-electron chi connectivity index (χ3n) is 4.00. The number of piperazine rings is 1. The van der Waals surface area contributed by atoms with Crippen LogP contribution in [0.2, 0.25) is 0 Å². The van der Waals surface area contributed by atoms with E-state index in [4.69, 9.17) is 0 Å². The van der Waals surface area contributed by atoms with E-state index in [9.17, 15) is 5.11 Å². The van der Waals surface area contributed by atoms with Crippen LogP contribution in [0.25, 0.3) is 0 Å². The van der Waals surface area contributed by atoms with Crippen LogP contribution in [-0.2, 0) is 13.1 Å². The first-order chi connectivity index (χ1) is 9.24. The van der Waals surface area contributed by atoms with Crippen LogP contribution in [0, 0.1) is 0 Å². The second-order valence-electron chi connectivity index (χ2n) is 5.67. The minimum atomic E-state index is -0.253. The van der Waals surface area contributed by atoms with E-state index in [0.717, 1.165) is 45.8 Å². The normalized spacial score (nSPS) is 21.5. The summed E-state index contributed by atoms with van der Waals surface area (Å²) in [7, 11) is 0. The van der Waals surface area contributed by atoms with Crippen molar-refractivity contribution in [1.29, 1.82) is 0 Å². The quantitative estimate of drug-likeness (QED) is 0.844. The molecule has 1 aromatic rings. The van der Waals surface area contributed by atoms with Gasteiger partial charge in [0.15, 0.2) is 0 Å². The highest BCUT2D eigenvalue weighted by Gasteiger charge is 2.24. The van der Waals surface area contributed by atoms with Crippen molar-refractivity contribution in [3.05, 3.63) is 29.3 Å². The summed E-state index contributed by atoms with van der Waals surface area (Å²) in [5.74, 6) is 0. The van der Waals surface area contributed by atoms with Gasteiger partial charge < -0.3 is 15.3 Å². The van der Waals surface area contributed by atoms with Gasteiger partial charge in [-0.2, -0.15) is 0 Å². The lowest BCUT2D eigenvalue weighted by molar-refractivity contribution is 0.126. The van der Waals surface area contributed by atoms with Crippen molar-refractivity contribution in [2.24, 2.45) is 0 Å². The van der Waals surface area contributed by atoms with Crippen LogP contribution < -0.4 is 10.2 Å². The van der Waals surface area contributed by atoms with Gasteiger partial charge in [-0.15, -0.1) is 0 Å². The van der Waals surface area contributed by atoms with E-state index in [1.807, 2.05) is 6.92 Å². The van der Waals surface area contributed by atoms with Gasteiger partial charge in [0, 0.05) is 51.5 Å². The number of nitrogens with zero attached hydrogens (tertiary/aromatic N) is 2. The van der Waals surface area contributed by atoms with Gasteiger partial charge in [0.2, 0.25) is 0 Å². The summed E-state index contributed by atoms with van der Waals surface area (Å²) in [6.07, 6.45) is -0.253. The first kappa shape index (κ1) is 12.9. The molecule has 0 saturated carbocycles. The fourth-order valence-electron chi connectivity index (χ4n) is 3.18. The van der Waals surface area contributed by atoms with Crippen LogP contribution in [0.1, 0.15) is 18.1 Å². The second-order valence-corrected chi connectivity index (χ2v) is 5.67. The van der Waals surface area contributed by atoms with Crippen LogP contribution in [0.4, 0.5) is 5.69 Å². The van der Waals surface area contributed by atoms with Gasteiger partial charge in [-0.05, 0) is 24.1 Å². The summed E-state index contributed by atoms with van der Waals surface area (Å²) in [4.78, 5) is 4.82. The molecule has 2 N–H and O–H groups in total. The maximum absolute atomic E-state index is 9.55. The summed E-state index contributed by atoms with van der Waals surface area (Å²) in [6, 6.07) is 6.64. The van der Waals surface area contributed by atoms with Crippen molar-refractivity contribution in [2.75, 3.05) is 37.6 Å². The fraction of sp³-hybridized carbons (Fsp3) is 0.600. The van der Waals surface area contributed by atoms with Crippen LogP contribution in [-0.4, -0.2) is 48.8 Å². The van der Waals surface area contributed by atoms with E-state index < -0.39 is 0 Å². The molecule has 1 saturated heterocycles. The molecule has 104 valence electrons. The molecule has 0 aromatic heterocycles. The topological polar surface area (TPSA) is 38.7 Å². The van der Waals surface area contributed by atoms with Crippen LogP contribution in [0.5, 0.6) is 0 Å². The molecule has 4 heteroatoms. The van der Waals surface area contributed by atoms with Crippen LogP contribution >= 0.6 is 0 Å².